The van der Waals surface area contributed by atoms with Gasteiger partial charge in [-0.05, 0) is 37.5 Å². The van der Waals surface area contributed by atoms with Crippen molar-refractivity contribution in [2.45, 2.75) is 25.7 Å². The van der Waals surface area contributed by atoms with Crippen LogP contribution in [0.4, 0.5) is 4.39 Å². The first kappa shape index (κ1) is 19.6. The van der Waals surface area contributed by atoms with Gasteiger partial charge < -0.3 is 14.9 Å². The molecule has 0 bridgehead atoms. The van der Waals surface area contributed by atoms with Crippen LogP contribution in [0, 0.1) is 17.7 Å². The molecule has 1 heterocycles. The summed E-state index contributed by atoms with van der Waals surface area (Å²) in [4.78, 5) is 39.8. The maximum absolute atomic E-state index is 13.2. The molecule has 2 amide bonds. The van der Waals surface area contributed by atoms with E-state index in [4.69, 9.17) is 11.6 Å². The van der Waals surface area contributed by atoms with Crippen LogP contribution in [0.15, 0.2) is 18.2 Å². The third-order valence-corrected chi connectivity index (χ3v) is 5.73. The zero-order valence-electron chi connectivity index (χ0n) is 14.9. The lowest BCUT2D eigenvalue weighted by molar-refractivity contribution is -0.146. The van der Waals surface area contributed by atoms with E-state index in [9.17, 15) is 23.9 Å². The second-order valence-electron chi connectivity index (χ2n) is 7.14. The number of piperazine rings is 1. The lowest BCUT2D eigenvalue weighted by Crippen LogP contribution is -2.52. The van der Waals surface area contributed by atoms with Gasteiger partial charge >= 0.3 is 5.97 Å². The number of carboxylic acids is 1. The van der Waals surface area contributed by atoms with E-state index in [1.165, 1.54) is 12.1 Å². The summed E-state index contributed by atoms with van der Waals surface area (Å²) in [6, 6.07) is 3.67. The Morgan fingerprint density at radius 3 is 2.30 bits per heavy atom. The van der Waals surface area contributed by atoms with Crippen molar-refractivity contribution in [3.63, 3.8) is 0 Å². The van der Waals surface area contributed by atoms with E-state index < -0.39 is 17.7 Å². The molecule has 3 rings (SSSR count). The van der Waals surface area contributed by atoms with Crippen LogP contribution in [0.5, 0.6) is 0 Å². The van der Waals surface area contributed by atoms with Crippen molar-refractivity contribution in [1.82, 2.24) is 9.80 Å². The number of carbonyl (C=O) groups is 3. The number of nitrogens with zero attached hydrogens (tertiary/aromatic N) is 2. The first-order chi connectivity index (χ1) is 12.9. The molecule has 2 aliphatic rings. The molecule has 0 spiro atoms. The number of hydrogen-bond donors (Lipinski definition) is 1. The Hall–Kier alpha value is -2.15. The highest BCUT2D eigenvalue weighted by molar-refractivity contribution is 6.33. The number of carbonyl (C=O) groups excluding carboxylic acids is 2. The van der Waals surface area contributed by atoms with E-state index in [0.717, 1.165) is 12.5 Å². The molecule has 1 aromatic carbocycles. The van der Waals surface area contributed by atoms with Crippen molar-refractivity contribution in [2.24, 2.45) is 11.8 Å². The van der Waals surface area contributed by atoms with E-state index in [1.807, 2.05) is 0 Å². The van der Waals surface area contributed by atoms with Crippen molar-refractivity contribution in [1.29, 1.82) is 0 Å². The number of aliphatic carboxylic acids is 1. The zero-order valence-corrected chi connectivity index (χ0v) is 15.6. The smallest absolute Gasteiger partial charge is 0.306 e. The Balaban J connectivity index is 1.57. The van der Waals surface area contributed by atoms with Gasteiger partial charge in [0.1, 0.15) is 5.82 Å². The topological polar surface area (TPSA) is 77.9 Å². The molecular weight excluding hydrogens is 375 g/mol. The van der Waals surface area contributed by atoms with Gasteiger partial charge in [0.2, 0.25) is 5.91 Å². The van der Waals surface area contributed by atoms with Gasteiger partial charge in [-0.25, -0.2) is 4.39 Å². The Labute approximate surface area is 161 Å². The summed E-state index contributed by atoms with van der Waals surface area (Å²) in [5.74, 6) is -2.34. The first-order valence-electron chi connectivity index (χ1n) is 9.12. The quantitative estimate of drug-likeness (QED) is 0.852. The van der Waals surface area contributed by atoms with Gasteiger partial charge in [0, 0.05) is 32.1 Å². The molecule has 2 fully saturated rings. The van der Waals surface area contributed by atoms with E-state index in [-0.39, 0.29) is 28.3 Å². The van der Waals surface area contributed by atoms with Gasteiger partial charge in [-0.2, -0.15) is 0 Å². The van der Waals surface area contributed by atoms with Crippen LogP contribution < -0.4 is 0 Å². The minimum Gasteiger partial charge on any atom is -0.481 e. The Morgan fingerprint density at radius 2 is 1.67 bits per heavy atom. The highest BCUT2D eigenvalue weighted by atomic mass is 35.5. The number of halogens is 2. The van der Waals surface area contributed by atoms with Crippen LogP contribution in [0.25, 0.3) is 0 Å². The predicted octanol–water partition coefficient (Wildman–Crippen LogP) is 2.65. The van der Waals surface area contributed by atoms with Crippen LogP contribution in [0.3, 0.4) is 0 Å². The number of rotatable bonds is 3. The largest absolute Gasteiger partial charge is 0.481 e. The standard InChI is InChI=1S/C19H22ClFN2O4/c20-16-11-14(21)4-5-15(16)18(25)23-8-6-22(7-9-23)17(24)12-2-1-3-13(10-12)19(26)27/h4-5,11-13H,1-3,6-10H2,(H,26,27). The summed E-state index contributed by atoms with van der Waals surface area (Å²) in [7, 11) is 0. The van der Waals surface area contributed by atoms with Crippen LogP contribution in [-0.4, -0.2) is 58.9 Å². The molecule has 2 unspecified atom stereocenters. The minimum absolute atomic E-state index is 0.0205. The first-order valence-corrected chi connectivity index (χ1v) is 9.50. The Kier molecular flexibility index (Phi) is 5.99. The average molecular weight is 397 g/mol. The maximum Gasteiger partial charge on any atom is 0.306 e. The lowest BCUT2D eigenvalue weighted by Gasteiger charge is -2.37. The summed E-state index contributed by atoms with van der Waals surface area (Å²) in [5.41, 5.74) is 0.245. The van der Waals surface area contributed by atoms with Crippen LogP contribution in [-0.2, 0) is 9.59 Å². The highest BCUT2D eigenvalue weighted by Crippen LogP contribution is 2.31. The molecule has 0 radical (unpaired) electrons. The fraction of sp³-hybridized carbons (Fsp3) is 0.526. The van der Waals surface area contributed by atoms with Crippen molar-refractivity contribution in [2.75, 3.05) is 26.2 Å². The summed E-state index contributed by atoms with van der Waals surface area (Å²) in [5, 5.41) is 9.26. The molecule has 8 heteroatoms. The molecule has 1 aliphatic heterocycles. The average Bonchev–Trinajstić information content (AvgIpc) is 2.67. The Morgan fingerprint density at radius 1 is 1.04 bits per heavy atom. The van der Waals surface area contributed by atoms with Crippen molar-refractivity contribution in [3.05, 3.63) is 34.6 Å². The second kappa shape index (κ2) is 8.25. The molecule has 1 aliphatic carbocycles. The lowest BCUT2D eigenvalue weighted by atomic mass is 9.80. The molecule has 1 aromatic rings. The second-order valence-corrected chi connectivity index (χ2v) is 7.55. The van der Waals surface area contributed by atoms with Crippen molar-refractivity contribution < 1.29 is 23.9 Å². The SMILES string of the molecule is O=C(O)C1CCCC(C(=O)N2CCN(C(=O)c3ccc(F)cc3Cl)CC2)C1. The summed E-state index contributed by atoms with van der Waals surface area (Å²) in [6.07, 6.45) is 2.47. The van der Waals surface area contributed by atoms with Gasteiger partial charge in [-0.15, -0.1) is 0 Å². The van der Waals surface area contributed by atoms with Crippen LogP contribution >= 0.6 is 11.6 Å². The van der Waals surface area contributed by atoms with E-state index >= 15 is 0 Å². The minimum atomic E-state index is -0.834. The van der Waals surface area contributed by atoms with Gasteiger partial charge in [0.15, 0.2) is 0 Å². The number of amides is 2. The molecular formula is C19H22ClFN2O4. The van der Waals surface area contributed by atoms with Gasteiger partial charge in [-0.3, -0.25) is 14.4 Å². The van der Waals surface area contributed by atoms with Crippen LogP contribution in [0.2, 0.25) is 5.02 Å². The number of hydrogen-bond acceptors (Lipinski definition) is 3. The van der Waals surface area contributed by atoms with Crippen molar-refractivity contribution >= 4 is 29.4 Å². The molecule has 1 saturated carbocycles. The predicted molar refractivity (Wildman–Crippen MR) is 97.0 cm³/mol. The molecule has 2 atom stereocenters. The van der Waals surface area contributed by atoms with E-state index in [0.29, 0.717) is 45.4 Å². The summed E-state index contributed by atoms with van der Waals surface area (Å²) >= 11 is 5.96. The highest BCUT2D eigenvalue weighted by Gasteiger charge is 2.35. The molecule has 0 aromatic heterocycles. The fourth-order valence-corrected chi connectivity index (χ4v) is 4.11. The molecule has 6 nitrogen and oxygen atoms in total. The third-order valence-electron chi connectivity index (χ3n) is 5.41. The monoisotopic (exact) mass is 396 g/mol. The number of benzene rings is 1. The third kappa shape index (κ3) is 4.40. The van der Waals surface area contributed by atoms with E-state index in [2.05, 4.69) is 0 Å². The summed E-state index contributed by atoms with van der Waals surface area (Å²) < 4.78 is 13.2. The molecule has 1 N–H and O–H groups in total. The molecule has 27 heavy (non-hydrogen) atoms. The summed E-state index contributed by atoms with van der Waals surface area (Å²) in [6.45, 7) is 1.54. The molecule has 146 valence electrons. The Bertz CT molecular complexity index is 749. The molecule has 1 saturated heterocycles. The number of carboxylic acid groups (broad SMARTS) is 1. The van der Waals surface area contributed by atoms with E-state index in [1.54, 1.807) is 9.80 Å². The normalized spacial score (nSPS) is 23.2. The van der Waals surface area contributed by atoms with Gasteiger partial charge in [-0.1, -0.05) is 18.0 Å². The van der Waals surface area contributed by atoms with Crippen LogP contribution in [0.1, 0.15) is 36.0 Å². The van der Waals surface area contributed by atoms with Gasteiger partial charge in [0.25, 0.3) is 5.91 Å². The zero-order chi connectivity index (χ0) is 19.6. The fourth-order valence-electron chi connectivity index (χ4n) is 3.86. The van der Waals surface area contributed by atoms with Crippen molar-refractivity contribution in [3.8, 4) is 0 Å². The van der Waals surface area contributed by atoms with Gasteiger partial charge in [0.05, 0.1) is 16.5 Å². The maximum atomic E-state index is 13.2.